The maximum absolute atomic E-state index is 2.47. The molecule has 2 nitrogen and oxygen atoms in total. The molecular weight excluding hydrogens is 821 g/mol. The molecule has 0 radical (unpaired) electrons. The third-order valence-corrected chi connectivity index (χ3v) is 14.2. The van der Waals surface area contributed by atoms with Crippen molar-refractivity contribution < 1.29 is 0 Å². The molecule has 14 aromatic rings. The van der Waals surface area contributed by atoms with E-state index in [1.807, 2.05) is 0 Å². The summed E-state index contributed by atoms with van der Waals surface area (Å²) in [6.45, 7) is 0. The van der Waals surface area contributed by atoms with Crippen molar-refractivity contribution in [3.8, 4) is 22.3 Å². The molecule has 0 heterocycles. The van der Waals surface area contributed by atoms with Gasteiger partial charge in [0.05, 0.1) is 11.4 Å². The highest BCUT2D eigenvalue weighted by atomic mass is 15.1. The summed E-state index contributed by atoms with van der Waals surface area (Å²) in [5.41, 5.74) is 11.8. The van der Waals surface area contributed by atoms with Gasteiger partial charge in [-0.05, 0) is 131 Å². The minimum absolute atomic E-state index is 1.12. The highest BCUT2D eigenvalue weighted by molar-refractivity contribution is 6.50. The Morgan fingerprint density at radius 2 is 0.559 bits per heavy atom. The highest BCUT2D eigenvalue weighted by Gasteiger charge is 2.31. The lowest BCUT2D eigenvalue weighted by molar-refractivity contribution is 1.30. The van der Waals surface area contributed by atoms with Gasteiger partial charge in [-0.3, -0.25) is 0 Å². The molecule has 0 N–H and O–H groups in total. The molecule has 14 rings (SSSR count). The minimum atomic E-state index is 1.12. The molecule has 0 aliphatic rings. The van der Waals surface area contributed by atoms with Crippen molar-refractivity contribution >= 4 is 110 Å². The van der Waals surface area contributed by atoms with E-state index in [1.165, 1.54) is 103 Å². The van der Waals surface area contributed by atoms with Crippen LogP contribution < -0.4 is 9.80 Å². The van der Waals surface area contributed by atoms with Gasteiger partial charge in [-0.25, -0.2) is 0 Å². The summed E-state index contributed by atoms with van der Waals surface area (Å²) in [5, 5.41) is 17.8. The molecule has 316 valence electrons. The normalized spacial score (nSPS) is 11.8. The van der Waals surface area contributed by atoms with E-state index in [-0.39, 0.29) is 0 Å². The minimum Gasteiger partial charge on any atom is -0.310 e. The predicted octanol–water partition coefficient (Wildman–Crippen LogP) is 18.9. The van der Waals surface area contributed by atoms with Crippen molar-refractivity contribution in [3.05, 3.63) is 255 Å². The molecule has 0 aliphatic heterocycles. The molecule has 0 aliphatic carbocycles. The fraction of sp³-hybridized carbons (Fsp3) is 0. The van der Waals surface area contributed by atoms with E-state index in [9.17, 15) is 0 Å². The lowest BCUT2D eigenvalue weighted by Gasteiger charge is -2.28. The molecule has 0 atom stereocenters. The Hall–Kier alpha value is -8.98. The SMILES string of the molecule is c1ccc(-c2c3c4cccc5c(N(c6ccccc6)c6ccccc6)ccc(c3c(-c3ccccc3)c3c2c2cccc6c(N(c7ccccc7)c7ccccc7)c7ccccc7c3c62)c54)cc1. The maximum Gasteiger partial charge on any atom is 0.0619 e. The topological polar surface area (TPSA) is 6.48 Å². The summed E-state index contributed by atoms with van der Waals surface area (Å²) in [6, 6.07) is 93.5. The van der Waals surface area contributed by atoms with Crippen molar-refractivity contribution in [1.82, 2.24) is 0 Å². The molecule has 0 fully saturated rings. The second kappa shape index (κ2) is 15.3. The lowest BCUT2D eigenvalue weighted by Crippen LogP contribution is -2.11. The fourth-order valence-electron chi connectivity index (χ4n) is 11.7. The zero-order valence-corrected chi connectivity index (χ0v) is 37.1. The van der Waals surface area contributed by atoms with Crippen LogP contribution in [0.2, 0.25) is 0 Å². The number of nitrogens with zero attached hydrogens (tertiary/aromatic N) is 2. The maximum atomic E-state index is 2.47. The Balaban J connectivity index is 1.21. The molecule has 0 bridgehead atoms. The number of para-hydroxylation sites is 4. The number of fused-ring (bicyclic) bond motifs is 8. The van der Waals surface area contributed by atoms with Gasteiger partial charge in [-0.2, -0.15) is 0 Å². The van der Waals surface area contributed by atoms with E-state index in [0.29, 0.717) is 0 Å². The van der Waals surface area contributed by atoms with Gasteiger partial charge in [0.25, 0.3) is 0 Å². The molecule has 14 aromatic carbocycles. The fourth-order valence-corrected chi connectivity index (χ4v) is 11.7. The quantitative estimate of drug-likeness (QED) is 0.140. The first kappa shape index (κ1) is 38.3. The van der Waals surface area contributed by atoms with E-state index in [2.05, 4.69) is 265 Å². The third kappa shape index (κ3) is 5.58. The van der Waals surface area contributed by atoms with Gasteiger partial charge in [0.2, 0.25) is 0 Å². The van der Waals surface area contributed by atoms with Crippen LogP contribution in [0.15, 0.2) is 255 Å². The van der Waals surface area contributed by atoms with E-state index in [4.69, 9.17) is 0 Å². The van der Waals surface area contributed by atoms with Gasteiger partial charge in [0.1, 0.15) is 0 Å². The second-order valence-electron chi connectivity index (χ2n) is 17.9. The van der Waals surface area contributed by atoms with Crippen LogP contribution in [-0.4, -0.2) is 0 Å². The van der Waals surface area contributed by atoms with Crippen LogP contribution in [0, 0.1) is 0 Å². The molecular formula is C66H42N2. The first-order valence-corrected chi connectivity index (χ1v) is 23.5. The summed E-state index contributed by atoms with van der Waals surface area (Å²) in [4.78, 5) is 4.88. The molecule has 0 saturated heterocycles. The van der Waals surface area contributed by atoms with Gasteiger partial charge in [0.15, 0.2) is 0 Å². The lowest BCUT2D eigenvalue weighted by atomic mass is 9.87. The summed E-state index contributed by atoms with van der Waals surface area (Å²) in [5.74, 6) is 0. The summed E-state index contributed by atoms with van der Waals surface area (Å²) >= 11 is 0. The first-order chi connectivity index (χ1) is 33.8. The van der Waals surface area contributed by atoms with E-state index < -0.39 is 0 Å². The Bertz CT molecular complexity index is 4080. The second-order valence-corrected chi connectivity index (χ2v) is 17.9. The predicted molar refractivity (Wildman–Crippen MR) is 292 cm³/mol. The molecule has 0 amide bonds. The van der Waals surface area contributed by atoms with Crippen LogP contribution in [-0.2, 0) is 0 Å². The largest absolute Gasteiger partial charge is 0.310 e. The molecule has 2 heteroatoms. The zero-order chi connectivity index (χ0) is 44.7. The number of hydrogen-bond donors (Lipinski definition) is 0. The summed E-state index contributed by atoms with van der Waals surface area (Å²) in [6.07, 6.45) is 0. The van der Waals surface area contributed by atoms with Crippen LogP contribution in [0.1, 0.15) is 0 Å². The molecule has 68 heavy (non-hydrogen) atoms. The first-order valence-electron chi connectivity index (χ1n) is 23.5. The average molecular weight is 863 g/mol. The molecule has 0 spiro atoms. The van der Waals surface area contributed by atoms with Crippen LogP contribution in [0.5, 0.6) is 0 Å². The van der Waals surface area contributed by atoms with Gasteiger partial charge in [-0.1, -0.05) is 200 Å². The van der Waals surface area contributed by atoms with Gasteiger partial charge in [-0.15, -0.1) is 0 Å². The van der Waals surface area contributed by atoms with Crippen LogP contribution in [0.4, 0.5) is 34.1 Å². The number of rotatable bonds is 8. The summed E-state index contributed by atoms with van der Waals surface area (Å²) in [7, 11) is 0. The van der Waals surface area contributed by atoms with Crippen molar-refractivity contribution in [2.75, 3.05) is 9.80 Å². The monoisotopic (exact) mass is 862 g/mol. The van der Waals surface area contributed by atoms with Gasteiger partial charge in [0, 0.05) is 44.3 Å². The number of benzene rings is 12. The van der Waals surface area contributed by atoms with E-state index >= 15 is 0 Å². The smallest absolute Gasteiger partial charge is 0.0619 e. The zero-order valence-electron chi connectivity index (χ0n) is 37.1. The summed E-state index contributed by atoms with van der Waals surface area (Å²) < 4.78 is 0. The highest BCUT2D eigenvalue weighted by Crippen LogP contribution is 2.59. The van der Waals surface area contributed by atoms with Crippen molar-refractivity contribution in [1.29, 1.82) is 0 Å². The number of hydrogen-bond acceptors (Lipinski definition) is 2. The van der Waals surface area contributed by atoms with Gasteiger partial charge < -0.3 is 9.80 Å². The molecule has 0 unspecified atom stereocenters. The van der Waals surface area contributed by atoms with Crippen LogP contribution in [0.3, 0.4) is 0 Å². The Morgan fingerprint density at radius 1 is 0.191 bits per heavy atom. The van der Waals surface area contributed by atoms with Gasteiger partial charge >= 0.3 is 0 Å². The molecule has 0 saturated carbocycles. The van der Waals surface area contributed by atoms with Crippen LogP contribution >= 0.6 is 0 Å². The standard InChI is InChI=1S/C66H42N2/c1-7-23-43(24-8-1)57-62-52-38-21-37-51-56(67(45-27-11-3-12-28-45)46-29-13-4-14-30-46)42-41-54(59(51)52)63(62)58(44-25-9-2-10-26-44)65-61-49-35-19-20-36-50(49)66(55-40-22-39-53(60(55)61)64(57)65)68(47-31-15-5-16-32-47)48-33-17-6-18-34-48/h1-42H. The average Bonchev–Trinajstić information content (AvgIpc) is 3.94. The van der Waals surface area contributed by atoms with E-state index in [0.717, 1.165) is 28.4 Å². The van der Waals surface area contributed by atoms with Crippen LogP contribution in [0.25, 0.3) is 97.7 Å². The number of anilines is 6. The Morgan fingerprint density at radius 3 is 1.09 bits per heavy atom. The van der Waals surface area contributed by atoms with Crippen molar-refractivity contribution in [2.45, 2.75) is 0 Å². The van der Waals surface area contributed by atoms with Crippen molar-refractivity contribution in [3.63, 3.8) is 0 Å². The van der Waals surface area contributed by atoms with E-state index in [1.54, 1.807) is 0 Å². The third-order valence-electron chi connectivity index (χ3n) is 14.2. The Labute approximate surface area is 394 Å². The molecule has 0 aromatic heterocycles. The van der Waals surface area contributed by atoms with Crippen molar-refractivity contribution in [2.24, 2.45) is 0 Å². The Kier molecular flexibility index (Phi) is 8.62.